The number of nitrogens with one attached hydrogen (secondary N) is 1. The molecule has 0 aromatic heterocycles. The highest BCUT2D eigenvalue weighted by molar-refractivity contribution is 9.10. The zero-order chi connectivity index (χ0) is 25.1. The summed E-state index contributed by atoms with van der Waals surface area (Å²) in [6.07, 6.45) is 1.35. The Bertz CT molecular complexity index is 1340. The maximum Gasteiger partial charge on any atom is 0.335 e. The largest absolute Gasteiger partial charge is 0.493 e. The third kappa shape index (κ3) is 5.36. The van der Waals surface area contributed by atoms with Crippen LogP contribution in [0, 0.1) is 5.82 Å². The monoisotopic (exact) mass is 558 g/mol. The first kappa shape index (κ1) is 24.4. The molecule has 4 amide bonds. The summed E-state index contributed by atoms with van der Waals surface area (Å²) in [4.78, 5) is 38.8. The maximum absolute atomic E-state index is 13.1. The highest BCUT2D eigenvalue weighted by Crippen LogP contribution is 2.36. The summed E-state index contributed by atoms with van der Waals surface area (Å²) < 4.78 is 24.9. The second kappa shape index (κ2) is 10.3. The minimum atomic E-state index is -0.861. The number of methoxy groups -OCH3 is 1. The highest BCUT2D eigenvalue weighted by Gasteiger charge is 2.37. The number of halogens is 3. The zero-order valence-corrected chi connectivity index (χ0v) is 20.5. The molecule has 0 radical (unpaired) electrons. The Morgan fingerprint density at radius 3 is 2.37 bits per heavy atom. The van der Waals surface area contributed by atoms with E-state index in [1.165, 1.54) is 49.6 Å². The van der Waals surface area contributed by atoms with Crippen LogP contribution in [0.1, 0.15) is 11.1 Å². The van der Waals surface area contributed by atoms with E-state index in [0.717, 1.165) is 10.5 Å². The molecule has 1 N–H and O–H groups in total. The van der Waals surface area contributed by atoms with Crippen LogP contribution in [0.5, 0.6) is 11.5 Å². The first-order valence-corrected chi connectivity index (χ1v) is 11.4. The van der Waals surface area contributed by atoms with E-state index in [0.29, 0.717) is 26.6 Å². The molecule has 3 aromatic carbocycles. The molecular weight excluding hydrogens is 543 g/mol. The van der Waals surface area contributed by atoms with E-state index in [-0.39, 0.29) is 23.7 Å². The highest BCUT2D eigenvalue weighted by atomic mass is 79.9. The van der Waals surface area contributed by atoms with Crippen molar-refractivity contribution in [3.63, 3.8) is 0 Å². The second-order valence-electron chi connectivity index (χ2n) is 7.37. The number of carbonyl (C=O) groups is 3. The number of anilines is 1. The summed E-state index contributed by atoms with van der Waals surface area (Å²) in [5.74, 6) is -1.22. The summed E-state index contributed by atoms with van der Waals surface area (Å²) in [5.41, 5.74) is 1.21. The summed E-state index contributed by atoms with van der Waals surface area (Å²) in [6.45, 7) is 0.169. The Kier molecular flexibility index (Phi) is 7.18. The number of amides is 4. The van der Waals surface area contributed by atoms with E-state index >= 15 is 0 Å². The van der Waals surface area contributed by atoms with Gasteiger partial charge in [-0.3, -0.25) is 14.9 Å². The van der Waals surface area contributed by atoms with Crippen molar-refractivity contribution in [1.29, 1.82) is 0 Å². The second-order valence-corrected chi connectivity index (χ2v) is 8.66. The number of carbonyl (C=O) groups excluding carboxylic acids is 3. The minimum Gasteiger partial charge on any atom is -0.493 e. The van der Waals surface area contributed by atoms with Gasteiger partial charge in [-0.15, -0.1) is 0 Å². The first-order chi connectivity index (χ1) is 16.8. The summed E-state index contributed by atoms with van der Waals surface area (Å²) in [7, 11) is 1.45. The summed E-state index contributed by atoms with van der Waals surface area (Å²) in [5, 5.41) is 2.61. The number of hydrogen-bond acceptors (Lipinski definition) is 5. The number of urea groups is 1. The molecule has 178 valence electrons. The summed E-state index contributed by atoms with van der Waals surface area (Å²) in [6, 6.07) is 14.3. The molecule has 0 spiro atoms. The number of imide groups is 2. The Hall–Kier alpha value is -3.69. The van der Waals surface area contributed by atoms with Gasteiger partial charge in [-0.05, 0) is 65.7 Å². The number of hydrogen-bond donors (Lipinski definition) is 1. The number of nitrogens with zero attached hydrogens (tertiary/aromatic N) is 1. The smallest absolute Gasteiger partial charge is 0.335 e. The first-order valence-electron chi connectivity index (χ1n) is 10.2. The number of benzene rings is 3. The molecule has 35 heavy (non-hydrogen) atoms. The number of rotatable bonds is 6. The van der Waals surface area contributed by atoms with Gasteiger partial charge in [-0.1, -0.05) is 39.7 Å². The molecular formula is C25H17BrClFN2O5. The molecule has 0 saturated carbocycles. The van der Waals surface area contributed by atoms with Crippen LogP contribution in [0.15, 0.2) is 70.7 Å². The standard InChI is InChI=1S/C25H17BrClFN2O5/c1-34-21-11-15(20(26)12-22(21)35-13-14-2-6-17(28)7-3-14)10-19-23(31)29-25(33)30(24(19)32)18-8-4-16(27)5-9-18/h2-12H,13H2,1H3,(H,29,31,33)/b19-10+. The van der Waals surface area contributed by atoms with Crippen molar-refractivity contribution in [2.45, 2.75) is 6.61 Å². The quantitative estimate of drug-likeness (QED) is 0.319. The lowest BCUT2D eigenvalue weighted by molar-refractivity contribution is -0.122. The molecule has 4 rings (SSSR count). The average Bonchev–Trinajstić information content (AvgIpc) is 2.83. The lowest BCUT2D eigenvalue weighted by atomic mass is 10.1. The van der Waals surface area contributed by atoms with Crippen molar-refractivity contribution >= 4 is 57.1 Å². The minimum absolute atomic E-state index is 0.169. The fourth-order valence-electron chi connectivity index (χ4n) is 3.31. The molecule has 1 aliphatic heterocycles. The van der Waals surface area contributed by atoms with Crippen molar-refractivity contribution in [1.82, 2.24) is 5.32 Å². The predicted octanol–water partition coefficient (Wildman–Crippen LogP) is 5.50. The van der Waals surface area contributed by atoms with E-state index in [2.05, 4.69) is 21.2 Å². The zero-order valence-electron chi connectivity index (χ0n) is 18.2. The lowest BCUT2D eigenvalue weighted by Gasteiger charge is -2.26. The fraction of sp³-hybridized carbons (Fsp3) is 0.0800. The molecule has 1 heterocycles. The van der Waals surface area contributed by atoms with Gasteiger partial charge in [0.25, 0.3) is 11.8 Å². The number of ether oxygens (including phenoxy) is 2. The van der Waals surface area contributed by atoms with Crippen LogP contribution in [0.2, 0.25) is 5.02 Å². The molecule has 7 nitrogen and oxygen atoms in total. The van der Waals surface area contributed by atoms with Gasteiger partial charge in [-0.25, -0.2) is 14.1 Å². The normalized spacial score (nSPS) is 14.8. The topological polar surface area (TPSA) is 84.9 Å². The van der Waals surface area contributed by atoms with Crippen LogP contribution in [-0.4, -0.2) is 25.0 Å². The third-order valence-corrected chi connectivity index (χ3v) is 6.02. The molecule has 3 aromatic rings. The van der Waals surface area contributed by atoms with Crippen LogP contribution in [-0.2, 0) is 16.2 Å². The van der Waals surface area contributed by atoms with E-state index in [1.807, 2.05) is 0 Å². The van der Waals surface area contributed by atoms with Crippen molar-refractivity contribution in [3.8, 4) is 11.5 Å². The Morgan fingerprint density at radius 2 is 1.71 bits per heavy atom. The SMILES string of the molecule is COc1cc(/C=C2\C(=O)NC(=O)N(c3ccc(Cl)cc3)C2=O)c(Br)cc1OCc1ccc(F)cc1. The van der Waals surface area contributed by atoms with Crippen molar-refractivity contribution in [2.24, 2.45) is 0 Å². The Labute approximate surface area is 213 Å². The molecule has 1 aliphatic rings. The van der Waals surface area contributed by atoms with Crippen molar-refractivity contribution < 1.29 is 28.2 Å². The van der Waals surface area contributed by atoms with Gasteiger partial charge in [0, 0.05) is 9.50 Å². The molecule has 10 heteroatoms. The van der Waals surface area contributed by atoms with Crippen molar-refractivity contribution in [3.05, 3.63) is 92.7 Å². The molecule has 1 saturated heterocycles. The van der Waals surface area contributed by atoms with E-state index in [1.54, 1.807) is 24.3 Å². The van der Waals surface area contributed by atoms with Gasteiger partial charge in [0.15, 0.2) is 11.5 Å². The third-order valence-electron chi connectivity index (χ3n) is 5.08. The van der Waals surface area contributed by atoms with Crippen LogP contribution in [0.25, 0.3) is 6.08 Å². The van der Waals surface area contributed by atoms with Crippen LogP contribution < -0.4 is 19.7 Å². The molecule has 1 fully saturated rings. The van der Waals surface area contributed by atoms with Gasteiger partial charge >= 0.3 is 6.03 Å². The number of barbiturate groups is 1. The summed E-state index contributed by atoms with van der Waals surface area (Å²) >= 11 is 9.32. The van der Waals surface area contributed by atoms with Gasteiger partial charge in [-0.2, -0.15) is 0 Å². The molecule has 0 aliphatic carbocycles. The lowest BCUT2D eigenvalue weighted by Crippen LogP contribution is -2.54. The fourth-order valence-corrected chi connectivity index (χ4v) is 3.88. The van der Waals surface area contributed by atoms with E-state index in [9.17, 15) is 18.8 Å². The van der Waals surface area contributed by atoms with Gasteiger partial charge < -0.3 is 9.47 Å². The average molecular weight is 560 g/mol. The Balaban J connectivity index is 1.63. The predicted molar refractivity (Wildman–Crippen MR) is 132 cm³/mol. The van der Waals surface area contributed by atoms with Crippen LogP contribution >= 0.6 is 27.5 Å². The Morgan fingerprint density at radius 1 is 1.03 bits per heavy atom. The van der Waals surface area contributed by atoms with Gasteiger partial charge in [0.05, 0.1) is 12.8 Å². The van der Waals surface area contributed by atoms with E-state index < -0.39 is 17.8 Å². The van der Waals surface area contributed by atoms with Gasteiger partial charge in [0.1, 0.15) is 18.0 Å². The molecule has 0 bridgehead atoms. The molecule has 0 unspecified atom stereocenters. The van der Waals surface area contributed by atoms with Gasteiger partial charge in [0.2, 0.25) is 0 Å². The van der Waals surface area contributed by atoms with E-state index in [4.69, 9.17) is 21.1 Å². The van der Waals surface area contributed by atoms with Crippen LogP contribution in [0.3, 0.4) is 0 Å². The molecule has 0 atom stereocenters. The van der Waals surface area contributed by atoms with Crippen LogP contribution in [0.4, 0.5) is 14.9 Å². The van der Waals surface area contributed by atoms with Crippen molar-refractivity contribution in [2.75, 3.05) is 12.0 Å². The maximum atomic E-state index is 13.1.